The molecule has 2 N–H and O–H groups in total. The van der Waals surface area contributed by atoms with Gasteiger partial charge in [-0.15, -0.1) is 0 Å². The maximum Gasteiger partial charge on any atom is 0.119 e. The highest BCUT2D eigenvalue weighted by molar-refractivity contribution is 6.31. The number of benzene rings is 1. The van der Waals surface area contributed by atoms with Crippen molar-refractivity contribution < 1.29 is 4.74 Å². The number of aromatic nitrogens is 2. The molecule has 17 heavy (non-hydrogen) atoms. The molecule has 90 valence electrons. The van der Waals surface area contributed by atoms with Crippen molar-refractivity contribution in [1.82, 2.24) is 9.78 Å². The van der Waals surface area contributed by atoms with E-state index in [1.165, 1.54) is 0 Å². The molecule has 0 fully saturated rings. The van der Waals surface area contributed by atoms with Gasteiger partial charge in [-0.05, 0) is 17.7 Å². The molecule has 1 aromatic heterocycles. The van der Waals surface area contributed by atoms with Gasteiger partial charge in [-0.3, -0.25) is 4.68 Å². The van der Waals surface area contributed by atoms with Gasteiger partial charge in [-0.2, -0.15) is 5.10 Å². The lowest BCUT2D eigenvalue weighted by Gasteiger charge is -2.14. The van der Waals surface area contributed by atoms with Crippen LogP contribution in [0.5, 0.6) is 5.75 Å². The van der Waals surface area contributed by atoms with Crippen LogP contribution in [-0.4, -0.2) is 16.9 Å². The first-order valence-electron chi connectivity index (χ1n) is 5.20. The molecule has 1 atom stereocenters. The maximum atomic E-state index is 6.19. The van der Waals surface area contributed by atoms with Crippen LogP contribution >= 0.6 is 11.6 Å². The van der Waals surface area contributed by atoms with Gasteiger partial charge in [0, 0.05) is 7.05 Å². The van der Waals surface area contributed by atoms with Crippen molar-refractivity contribution in [2.45, 2.75) is 6.04 Å². The van der Waals surface area contributed by atoms with Crippen LogP contribution in [0.2, 0.25) is 5.02 Å². The zero-order valence-electron chi connectivity index (χ0n) is 9.72. The Morgan fingerprint density at radius 2 is 2.24 bits per heavy atom. The molecule has 0 amide bonds. The Bertz CT molecular complexity index is 505. The van der Waals surface area contributed by atoms with Crippen molar-refractivity contribution in [3.63, 3.8) is 0 Å². The SMILES string of the molecule is COc1cccc(C(N)c2c(Cl)cnn2C)c1. The van der Waals surface area contributed by atoms with Crippen molar-refractivity contribution in [2.24, 2.45) is 12.8 Å². The van der Waals surface area contributed by atoms with E-state index < -0.39 is 0 Å². The first-order valence-corrected chi connectivity index (χ1v) is 5.58. The van der Waals surface area contributed by atoms with Crippen molar-refractivity contribution in [1.29, 1.82) is 0 Å². The minimum absolute atomic E-state index is 0.315. The Hall–Kier alpha value is -1.52. The van der Waals surface area contributed by atoms with E-state index in [0.717, 1.165) is 17.0 Å². The summed E-state index contributed by atoms with van der Waals surface area (Å²) in [7, 11) is 3.45. The number of hydrogen-bond donors (Lipinski definition) is 1. The summed E-state index contributed by atoms with van der Waals surface area (Å²) in [6, 6.07) is 7.30. The summed E-state index contributed by atoms with van der Waals surface area (Å²) in [6.07, 6.45) is 1.59. The Kier molecular flexibility index (Phi) is 3.36. The van der Waals surface area contributed by atoms with Crippen molar-refractivity contribution >= 4 is 11.6 Å². The fourth-order valence-electron chi connectivity index (χ4n) is 1.76. The van der Waals surface area contributed by atoms with Crippen molar-refractivity contribution in [2.75, 3.05) is 7.11 Å². The number of methoxy groups -OCH3 is 1. The molecular weight excluding hydrogens is 238 g/mol. The van der Waals surface area contributed by atoms with E-state index in [1.54, 1.807) is 18.0 Å². The number of hydrogen-bond acceptors (Lipinski definition) is 3. The zero-order valence-corrected chi connectivity index (χ0v) is 10.5. The number of ether oxygens (including phenoxy) is 1. The molecule has 2 aromatic rings. The van der Waals surface area contributed by atoms with Crippen LogP contribution in [0.4, 0.5) is 0 Å². The molecule has 1 heterocycles. The minimum atomic E-state index is -0.315. The highest BCUT2D eigenvalue weighted by Gasteiger charge is 2.17. The van der Waals surface area contributed by atoms with Crippen LogP contribution in [-0.2, 0) is 7.05 Å². The molecule has 0 aliphatic rings. The lowest BCUT2D eigenvalue weighted by Crippen LogP contribution is -2.16. The molecule has 0 saturated carbocycles. The second-order valence-corrected chi connectivity index (χ2v) is 4.16. The molecule has 1 aromatic carbocycles. The van der Waals surface area contributed by atoms with E-state index in [2.05, 4.69) is 5.10 Å². The normalized spacial score (nSPS) is 12.5. The smallest absolute Gasteiger partial charge is 0.119 e. The van der Waals surface area contributed by atoms with E-state index in [4.69, 9.17) is 22.1 Å². The summed E-state index contributed by atoms with van der Waals surface area (Å²) in [6.45, 7) is 0. The molecule has 5 heteroatoms. The first kappa shape index (κ1) is 12.0. The van der Waals surface area contributed by atoms with Crippen LogP contribution in [0.25, 0.3) is 0 Å². The molecular formula is C12H14ClN3O. The standard InChI is InChI=1S/C12H14ClN3O/c1-16-12(10(13)7-15-16)11(14)8-4-3-5-9(6-8)17-2/h3-7,11H,14H2,1-2H3. The number of rotatable bonds is 3. The fourth-order valence-corrected chi connectivity index (χ4v) is 2.05. The van der Waals surface area contributed by atoms with Gasteiger partial charge in [0.15, 0.2) is 0 Å². The summed E-state index contributed by atoms with van der Waals surface area (Å²) in [5, 5.41) is 4.65. The van der Waals surface area contributed by atoms with E-state index in [0.29, 0.717) is 5.02 Å². The van der Waals surface area contributed by atoms with Crippen molar-refractivity contribution in [3.05, 3.63) is 46.7 Å². The van der Waals surface area contributed by atoms with Gasteiger partial charge in [-0.1, -0.05) is 23.7 Å². The second-order valence-electron chi connectivity index (χ2n) is 3.76. The molecule has 0 saturated heterocycles. The Morgan fingerprint density at radius 3 is 2.82 bits per heavy atom. The molecule has 0 bridgehead atoms. The van der Waals surface area contributed by atoms with Gasteiger partial charge in [0.1, 0.15) is 5.75 Å². The quantitative estimate of drug-likeness (QED) is 0.909. The predicted molar refractivity (Wildman–Crippen MR) is 67.2 cm³/mol. The Morgan fingerprint density at radius 1 is 1.47 bits per heavy atom. The third kappa shape index (κ3) is 2.28. The second kappa shape index (κ2) is 4.77. The Balaban J connectivity index is 2.40. The van der Waals surface area contributed by atoms with Crippen LogP contribution in [0.3, 0.4) is 0 Å². The van der Waals surface area contributed by atoms with Gasteiger partial charge in [-0.25, -0.2) is 0 Å². The number of halogens is 1. The van der Waals surface area contributed by atoms with Gasteiger partial charge in [0.25, 0.3) is 0 Å². The van der Waals surface area contributed by atoms with Crippen LogP contribution in [0, 0.1) is 0 Å². The third-order valence-corrected chi connectivity index (χ3v) is 2.98. The molecule has 0 aliphatic carbocycles. The number of nitrogens with zero attached hydrogens (tertiary/aromatic N) is 2. The molecule has 4 nitrogen and oxygen atoms in total. The molecule has 1 unspecified atom stereocenters. The number of nitrogens with two attached hydrogens (primary N) is 1. The average Bonchev–Trinajstić information content (AvgIpc) is 2.68. The van der Waals surface area contributed by atoms with Gasteiger partial charge in [0.05, 0.1) is 30.1 Å². The van der Waals surface area contributed by atoms with E-state index >= 15 is 0 Å². The summed E-state index contributed by atoms with van der Waals surface area (Å²) >= 11 is 6.07. The van der Waals surface area contributed by atoms with Crippen molar-refractivity contribution in [3.8, 4) is 5.75 Å². The highest BCUT2D eigenvalue weighted by atomic mass is 35.5. The van der Waals surface area contributed by atoms with Crippen LogP contribution in [0.1, 0.15) is 17.3 Å². The maximum absolute atomic E-state index is 6.19. The summed E-state index contributed by atoms with van der Waals surface area (Å²) in [5.74, 6) is 0.774. The minimum Gasteiger partial charge on any atom is -0.497 e. The van der Waals surface area contributed by atoms with Gasteiger partial charge < -0.3 is 10.5 Å². The molecule has 0 radical (unpaired) electrons. The van der Waals surface area contributed by atoms with Gasteiger partial charge >= 0.3 is 0 Å². The lowest BCUT2D eigenvalue weighted by molar-refractivity contribution is 0.414. The molecule has 0 spiro atoms. The first-order chi connectivity index (χ1) is 8.13. The summed E-state index contributed by atoms with van der Waals surface area (Å²) < 4.78 is 6.86. The number of aryl methyl sites for hydroxylation is 1. The molecule has 2 rings (SSSR count). The summed E-state index contributed by atoms with van der Waals surface area (Å²) in [4.78, 5) is 0. The van der Waals surface area contributed by atoms with E-state index in [1.807, 2.05) is 31.3 Å². The van der Waals surface area contributed by atoms with Crippen LogP contribution in [0.15, 0.2) is 30.5 Å². The summed E-state index contributed by atoms with van der Waals surface area (Å²) in [5.41, 5.74) is 7.92. The zero-order chi connectivity index (χ0) is 12.4. The topological polar surface area (TPSA) is 53.1 Å². The van der Waals surface area contributed by atoms with E-state index in [9.17, 15) is 0 Å². The van der Waals surface area contributed by atoms with Crippen LogP contribution < -0.4 is 10.5 Å². The largest absolute Gasteiger partial charge is 0.497 e. The lowest BCUT2D eigenvalue weighted by atomic mass is 10.0. The average molecular weight is 252 g/mol. The molecule has 0 aliphatic heterocycles. The van der Waals surface area contributed by atoms with Gasteiger partial charge in [0.2, 0.25) is 0 Å². The highest BCUT2D eigenvalue weighted by Crippen LogP contribution is 2.27. The fraction of sp³-hybridized carbons (Fsp3) is 0.250. The monoisotopic (exact) mass is 251 g/mol. The van der Waals surface area contributed by atoms with E-state index in [-0.39, 0.29) is 6.04 Å². The Labute approximate surface area is 105 Å². The third-order valence-electron chi connectivity index (χ3n) is 2.69. The predicted octanol–water partition coefficient (Wildman–Crippen LogP) is 2.13.